The zero-order valence-corrected chi connectivity index (χ0v) is 6.73. The van der Waals surface area contributed by atoms with Gasteiger partial charge in [-0.15, -0.1) is 0 Å². The quantitative estimate of drug-likeness (QED) is 0.661. The fourth-order valence-electron chi connectivity index (χ4n) is 1.14. The molecule has 0 fully saturated rings. The Morgan fingerprint density at radius 2 is 2.33 bits per heavy atom. The third-order valence-corrected chi connectivity index (χ3v) is 1.76. The highest BCUT2D eigenvalue weighted by Crippen LogP contribution is 2.14. The molecule has 62 valence electrons. The van der Waals surface area contributed by atoms with E-state index in [0.717, 1.165) is 17.6 Å². The SMILES string of the molecule is CCn1ncc2c(N)ncnc21. The first-order chi connectivity index (χ1) is 5.83. The molecule has 2 aromatic heterocycles. The Morgan fingerprint density at radius 1 is 1.50 bits per heavy atom. The molecule has 0 spiro atoms. The van der Waals surface area contributed by atoms with Crippen LogP contribution in [-0.2, 0) is 6.54 Å². The van der Waals surface area contributed by atoms with Gasteiger partial charge in [0.2, 0.25) is 0 Å². The van der Waals surface area contributed by atoms with Gasteiger partial charge in [0.25, 0.3) is 0 Å². The summed E-state index contributed by atoms with van der Waals surface area (Å²) in [6.45, 7) is 2.80. The molecule has 2 aromatic rings. The number of aromatic nitrogens is 4. The predicted octanol–water partition coefficient (Wildman–Crippen LogP) is 0.428. The predicted molar refractivity (Wildman–Crippen MR) is 45.4 cm³/mol. The average molecular weight is 163 g/mol. The van der Waals surface area contributed by atoms with Crippen molar-refractivity contribution in [3.8, 4) is 0 Å². The first kappa shape index (κ1) is 7.02. The molecule has 0 saturated carbocycles. The van der Waals surface area contributed by atoms with Crippen LogP contribution >= 0.6 is 0 Å². The third-order valence-electron chi connectivity index (χ3n) is 1.76. The van der Waals surface area contributed by atoms with E-state index in [9.17, 15) is 0 Å². The van der Waals surface area contributed by atoms with Crippen LogP contribution in [-0.4, -0.2) is 19.7 Å². The van der Waals surface area contributed by atoms with Crippen LogP contribution in [0.25, 0.3) is 11.0 Å². The number of nitrogens with zero attached hydrogens (tertiary/aromatic N) is 4. The summed E-state index contributed by atoms with van der Waals surface area (Å²) in [7, 11) is 0. The lowest BCUT2D eigenvalue weighted by Gasteiger charge is -1.96. The highest BCUT2D eigenvalue weighted by atomic mass is 15.3. The maximum absolute atomic E-state index is 5.62. The molecule has 0 radical (unpaired) electrons. The summed E-state index contributed by atoms with van der Waals surface area (Å²) in [4.78, 5) is 7.95. The van der Waals surface area contributed by atoms with Gasteiger partial charge >= 0.3 is 0 Å². The van der Waals surface area contributed by atoms with Crippen molar-refractivity contribution in [2.24, 2.45) is 0 Å². The summed E-state index contributed by atoms with van der Waals surface area (Å²) in [6.07, 6.45) is 3.14. The van der Waals surface area contributed by atoms with Gasteiger partial charge < -0.3 is 5.73 Å². The minimum atomic E-state index is 0.486. The fourth-order valence-corrected chi connectivity index (χ4v) is 1.14. The molecule has 2 heterocycles. The van der Waals surface area contributed by atoms with Gasteiger partial charge in [0, 0.05) is 6.54 Å². The van der Waals surface area contributed by atoms with Gasteiger partial charge in [0.05, 0.1) is 11.6 Å². The maximum atomic E-state index is 5.62. The van der Waals surface area contributed by atoms with E-state index in [2.05, 4.69) is 15.1 Å². The standard InChI is InChI=1S/C7H9N5/c1-2-12-7-5(3-11-12)6(8)9-4-10-7/h3-4H,2H2,1H3,(H2,8,9,10). The number of hydrogen-bond acceptors (Lipinski definition) is 4. The molecule has 2 N–H and O–H groups in total. The third kappa shape index (κ3) is 0.827. The summed E-state index contributed by atoms with van der Waals surface area (Å²) in [5, 5.41) is 4.93. The fraction of sp³-hybridized carbons (Fsp3) is 0.286. The van der Waals surface area contributed by atoms with Crippen LogP contribution in [0.3, 0.4) is 0 Å². The maximum Gasteiger partial charge on any atom is 0.163 e. The summed E-state index contributed by atoms with van der Waals surface area (Å²) >= 11 is 0. The Hall–Kier alpha value is -1.65. The van der Waals surface area contributed by atoms with Crippen molar-refractivity contribution in [2.45, 2.75) is 13.5 Å². The van der Waals surface area contributed by atoms with Crippen molar-refractivity contribution in [1.82, 2.24) is 19.7 Å². The topological polar surface area (TPSA) is 69.6 Å². The van der Waals surface area contributed by atoms with Gasteiger partial charge in [0.1, 0.15) is 12.1 Å². The molecule has 2 rings (SSSR count). The smallest absolute Gasteiger partial charge is 0.163 e. The molecule has 0 bridgehead atoms. The van der Waals surface area contributed by atoms with E-state index in [1.807, 2.05) is 6.92 Å². The number of anilines is 1. The normalized spacial score (nSPS) is 10.8. The molecular formula is C7H9N5. The molecule has 0 aliphatic heterocycles. The molecule has 0 saturated heterocycles. The number of aryl methyl sites for hydroxylation is 1. The van der Waals surface area contributed by atoms with Gasteiger partial charge in [-0.05, 0) is 6.92 Å². The molecule has 0 amide bonds. The Labute approximate surface area is 69.2 Å². The lowest BCUT2D eigenvalue weighted by atomic mass is 10.4. The highest BCUT2D eigenvalue weighted by Gasteiger charge is 2.04. The molecule has 0 unspecified atom stereocenters. The van der Waals surface area contributed by atoms with E-state index in [-0.39, 0.29) is 0 Å². The molecular weight excluding hydrogens is 154 g/mol. The van der Waals surface area contributed by atoms with Crippen LogP contribution in [0.1, 0.15) is 6.92 Å². The molecule has 12 heavy (non-hydrogen) atoms. The van der Waals surface area contributed by atoms with Crippen LogP contribution in [0.15, 0.2) is 12.5 Å². The Bertz CT molecular complexity index is 405. The van der Waals surface area contributed by atoms with Gasteiger partial charge in [-0.2, -0.15) is 5.10 Å². The van der Waals surface area contributed by atoms with Crippen molar-refractivity contribution in [3.63, 3.8) is 0 Å². The van der Waals surface area contributed by atoms with Gasteiger partial charge in [0.15, 0.2) is 5.65 Å². The van der Waals surface area contributed by atoms with Crippen molar-refractivity contribution in [3.05, 3.63) is 12.5 Å². The number of nitrogen functional groups attached to an aromatic ring is 1. The van der Waals surface area contributed by atoms with E-state index in [1.54, 1.807) is 10.9 Å². The van der Waals surface area contributed by atoms with Crippen molar-refractivity contribution in [2.75, 3.05) is 5.73 Å². The summed E-state index contributed by atoms with van der Waals surface area (Å²) in [5.41, 5.74) is 6.42. The second-order valence-electron chi connectivity index (χ2n) is 2.46. The zero-order chi connectivity index (χ0) is 8.55. The van der Waals surface area contributed by atoms with Crippen molar-refractivity contribution in [1.29, 1.82) is 0 Å². The van der Waals surface area contributed by atoms with Crippen molar-refractivity contribution >= 4 is 16.9 Å². The summed E-state index contributed by atoms with van der Waals surface area (Å²) in [6, 6.07) is 0. The number of hydrogen-bond donors (Lipinski definition) is 1. The average Bonchev–Trinajstić information content (AvgIpc) is 2.49. The molecule has 5 nitrogen and oxygen atoms in total. The molecule has 0 aromatic carbocycles. The van der Waals surface area contributed by atoms with Gasteiger partial charge in [-0.1, -0.05) is 0 Å². The van der Waals surface area contributed by atoms with Crippen LogP contribution < -0.4 is 5.73 Å². The minimum absolute atomic E-state index is 0.486. The lowest BCUT2D eigenvalue weighted by molar-refractivity contribution is 0.676. The van der Waals surface area contributed by atoms with E-state index >= 15 is 0 Å². The molecule has 0 atom stereocenters. The highest BCUT2D eigenvalue weighted by molar-refractivity contribution is 5.84. The second-order valence-corrected chi connectivity index (χ2v) is 2.46. The van der Waals surface area contributed by atoms with Gasteiger partial charge in [-0.25, -0.2) is 14.6 Å². The number of fused-ring (bicyclic) bond motifs is 1. The molecule has 5 heteroatoms. The van der Waals surface area contributed by atoms with E-state index in [4.69, 9.17) is 5.73 Å². The summed E-state index contributed by atoms with van der Waals surface area (Å²) < 4.78 is 1.79. The molecule has 0 aliphatic carbocycles. The summed E-state index contributed by atoms with van der Waals surface area (Å²) in [5.74, 6) is 0.486. The van der Waals surface area contributed by atoms with Crippen LogP contribution in [0, 0.1) is 0 Å². The largest absolute Gasteiger partial charge is 0.383 e. The Balaban J connectivity index is 2.80. The molecule has 0 aliphatic rings. The van der Waals surface area contributed by atoms with Crippen LogP contribution in [0.2, 0.25) is 0 Å². The van der Waals surface area contributed by atoms with E-state index in [0.29, 0.717) is 5.82 Å². The monoisotopic (exact) mass is 163 g/mol. The Morgan fingerprint density at radius 3 is 3.08 bits per heavy atom. The number of nitrogens with two attached hydrogens (primary N) is 1. The lowest BCUT2D eigenvalue weighted by Crippen LogP contribution is -1.98. The van der Waals surface area contributed by atoms with Gasteiger partial charge in [-0.3, -0.25) is 0 Å². The number of rotatable bonds is 1. The minimum Gasteiger partial charge on any atom is -0.383 e. The van der Waals surface area contributed by atoms with E-state index in [1.165, 1.54) is 6.33 Å². The first-order valence-corrected chi connectivity index (χ1v) is 3.75. The van der Waals surface area contributed by atoms with Crippen molar-refractivity contribution < 1.29 is 0 Å². The second kappa shape index (κ2) is 2.44. The van der Waals surface area contributed by atoms with E-state index < -0.39 is 0 Å². The van der Waals surface area contributed by atoms with Crippen LogP contribution in [0.5, 0.6) is 0 Å². The van der Waals surface area contributed by atoms with Crippen LogP contribution in [0.4, 0.5) is 5.82 Å². The Kier molecular flexibility index (Phi) is 1.43. The zero-order valence-electron chi connectivity index (χ0n) is 6.73. The first-order valence-electron chi connectivity index (χ1n) is 3.75.